The van der Waals surface area contributed by atoms with Crippen molar-refractivity contribution < 1.29 is 13.6 Å². The number of carbonyl (C=O) groups is 1. The summed E-state index contributed by atoms with van der Waals surface area (Å²) in [6.07, 6.45) is 0.895. The normalized spacial score (nSPS) is 10.4. The number of carbonyl (C=O) groups excluding carboxylic acids is 1. The Kier molecular flexibility index (Phi) is 5.22. The number of rotatable bonds is 4. The first-order valence-corrected chi connectivity index (χ1v) is 6.68. The zero-order valence-corrected chi connectivity index (χ0v) is 12.2. The lowest BCUT2D eigenvalue weighted by atomic mass is 10.2. The molecule has 0 fully saturated rings. The van der Waals surface area contributed by atoms with Gasteiger partial charge in [0.25, 0.3) is 5.91 Å². The summed E-state index contributed by atoms with van der Waals surface area (Å²) in [5.74, 6) is -2.54. The van der Waals surface area contributed by atoms with E-state index in [0.29, 0.717) is 0 Å². The molecular weight excluding hydrogens is 314 g/mol. The summed E-state index contributed by atoms with van der Waals surface area (Å²) in [5.41, 5.74) is -0.444. The van der Waals surface area contributed by atoms with Crippen molar-refractivity contribution in [3.8, 4) is 12.1 Å². The van der Waals surface area contributed by atoms with Crippen LogP contribution in [-0.4, -0.2) is 5.91 Å². The zero-order chi connectivity index (χ0) is 17.5. The molecule has 0 atom stereocenters. The van der Waals surface area contributed by atoms with Crippen LogP contribution in [0.1, 0.15) is 5.56 Å². The van der Waals surface area contributed by atoms with Crippen LogP contribution in [0.15, 0.2) is 54.2 Å². The van der Waals surface area contributed by atoms with Crippen LogP contribution < -0.4 is 10.6 Å². The average molecular weight is 324 g/mol. The van der Waals surface area contributed by atoms with Gasteiger partial charge in [-0.15, -0.1) is 0 Å². The van der Waals surface area contributed by atoms with Gasteiger partial charge >= 0.3 is 0 Å². The summed E-state index contributed by atoms with van der Waals surface area (Å²) in [7, 11) is 0. The minimum atomic E-state index is -0.862. The van der Waals surface area contributed by atoms with E-state index < -0.39 is 28.8 Å². The highest BCUT2D eigenvalue weighted by molar-refractivity contribution is 6.07. The van der Waals surface area contributed by atoms with E-state index in [1.54, 1.807) is 18.2 Å². The van der Waals surface area contributed by atoms with E-state index in [0.717, 1.165) is 18.3 Å². The number of nitrogens with zero attached hydrogens (tertiary/aromatic N) is 2. The number of nitrogens with one attached hydrogen (secondary N) is 2. The molecule has 0 spiro atoms. The van der Waals surface area contributed by atoms with Crippen molar-refractivity contribution in [1.82, 2.24) is 0 Å². The van der Waals surface area contributed by atoms with Crippen molar-refractivity contribution in [2.45, 2.75) is 0 Å². The second-order valence-corrected chi connectivity index (χ2v) is 4.52. The van der Waals surface area contributed by atoms with E-state index in [1.165, 1.54) is 18.2 Å². The molecule has 0 saturated carbocycles. The Morgan fingerprint density at radius 3 is 2.33 bits per heavy atom. The number of benzene rings is 2. The molecule has 7 heteroatoms. The van der Waals surface area contributed by atoms with Crippen LogP contribution in [-0.2, 0) is 4.79 Å². The van der Waals surface area contributed by atoms with Crippen molar-refractivity contribution in [1.29, 1.82) is 10.5 Å². The van der Waals surface area contributed by atoms with Crippen molar-refractivity contribution in [2.75, 3.05) is 10.6 Å². The number of nitriles is 2. The monoisotopic (exact) mass is 324 g/mol. The number of hydrogen-bond donors (Lipinski definition) is 2. The maximum absolute atomic E-state index is 13.5. The molecule has 0 aromatic heterocycles. The van der Waals surface area contributed by atoms with Crippen LogP contribution in [0.5, 0.6) is 0 Å². The molecule has 0 aliphatic rings. The molecule has 2 aromatic carbocycles. The van der Waals surface area contributed by atoms with Gasteiger partial charge in [-0.05, 0) is 24.3 Å². The van der Waals surface area contributed by atoms with Gasteiger partial charge in [-0.1, -0.05) is 18.2 Å². The first-order valence-electron chi connectivity index (χ1n) is 6.68. The van der Waals surface area contributed by atoms with Gasteiger partial charge in [0, 0.05) is 6.20 Å². The molecule has 0 bridgehead atoms. The summed E-state index contributed by atoms with van der Waals surface area (Å²) >= 11 is 0. The minimum Gasteiger partial charge on any atom is -0.355 e. The van der Waals surface area contributed by atoms with E-state index in [9.17, 15) is 13.6 Å². The van der Waals surface area contributed by atoms with Gasteiger partial charge in [0.15, 0.2) is 0 Å². The fraction of sp³-hybridized carbons (Fsp3) is 0. The summed E-state index contributed by atoms with van der Waals surface area (Å²) in [4.78, 5) is 12.1. The molecule has 2 aromatic rings. The largest absolute Gasteiger partial charge is 0.355 e. The Balaban J connectivity index is 2.21. The predicted octanol–water partition coefficient (Wildman–Crippen LogP) is 3.29. The first-order chi connectivity index (χ1) is 11.6. The summed E-state index contributed by atoms with van der Waals surface area (Å²) < 4.78 is 27.0. The maximum atomic E-state index is 13.5. The first kappa shape index (κ1) is 16.7. The Hall–Kier alpha value is -3.71. The number of amides is 1. The number of para-hydroxylation sites is 2. The quantitative estimate of drug-likeness (QED) is 0.667. The lowest BCUT2D eigenvalue weighted by Crippen LogP contribution is -2.15. The highest BCUT2D eigenvalue weighted by atomic mass is 19.1. The fourth-order valence-corrected chi connectivity index (χ4v) is 1.81. The van der Waals surface area contributed by atoms with E-state index >= 15 is 0 Å². The second-order valence-electron chi connectivity index (χ2n) is 4.52. The molecule has 2 rings (SSSR count). The smallest absolute Gasteiger partial charge is 0.267 e. The van der Waals surface area contributed by atoms with Crippen LogP contribution in [0.25, 0.3) is 0 Å². The molecule has 24 heavy (non-hydrogen) atoms. The number of hydrogen-bond acceptors (Lipinski definition) is 4. The lowest BCUT2D eigenvalue weighted by molar-refractivity contribution is -0.112. The van der Waals surface area contributed by atoms with Crippen LogP contribution in [0.2, 0.25) is 0 Å². The van der Waals surface area contributed by atoms with E-state index in [4.69, 9.17) is 10.5 Å². The van der Waals surface area contributed by atoms with E-state index in [2.05, 4.69) is 10.6 Å². The van der Waals surface area contributed by atoms with Gasteiger partial charge in [0.2, 0.25) is 0 Å². The lowest BCUT2D eigenvalue weighted by Gasteiger charge is -2.07. The summed E-state index contributed by atoms with van der Waals surface area (Å²) in [6, 6.07) is 13.0. The maximum Gasteiger partial charge on any atom is 0.267 e. The summed E-state index contributed by atoms with van der Waals surface area (Å²) in [6.45, 7) is 0. The van der Waals surface area contributed by atoms with Crippen molar-refractivity contribution >= 4 is 17.3 Å². The Labute approximate surface area is 136 Å². The van der Waals surface area contributed by atoms with Gasteiger partial charge in [-0.2, -0.15) is 10.5 Å². The van der Waals surface area contributed by atoms with Crippen molar-refractivity contribution in [3.05, 3.63) is 71.4 Å². The third-order valence-electron chi connectivity index (χ3n) is 2.98. The number of anilines is 2. The molecule has 0 heterocycles. The predicted molar refractivity (Wildman–Crippen MR) is 83.5 cm³/mol. The average Bonchev–Trinajstić information content (AvgIpc) is 2.58. The van der Waals surface area contributed by atoms with Crippen LogP contribution in [0, 0.1) is 34.3 Å². The molecule has 0 saturated heterocycles. The molecule has 0 aliphatic carbocycles. The van der Waals surface area contributed by atoms with E-state index in [1.807, 2.05) is 6.07 Å². The topological polar surface area (TPSA) is 88.7 Å². The zero-order valence-electron chi connectivity index (χ0n) is 12.2. The highest BCUT2D eigenvalue weighted by Gasteiger charge is 2.13. The second kappa shape index (κ2) is 7.52. The minimum absolute atomic E-state index is 0.219. The Bertz CT molecular complexity index is 874. The van der Waals surface area contributed by atoms with Crippen molar-refractivity contribution in [3.63, 3.8) is 0 Å². The molecule has 0 aliphatic heterocycles. The fourth-order valence-electron chi connectivity index (χ4n) is 1.81. The molecule has 118 valence electrons. The third kappa shape index (κ3) is 3.73. The molecule has 0 unspecified atom stereocenters. The standard InChI is InChI=1S/C17H10F2N4O/c18-13-5-3-6-14(19)16(13)22-10-12(9-21)17(24)23-15-7-2-1-4-11(15)8-20/h1-7,10,22H,(H,23,24)/b12-10-. The van der Waals surface area contributed by atoms with Gasteiger partial charge in [-0.25, -0.2) is 8.78 Å². The molecule has 1 amide bonds. The summed E-state index contributed by atoms with van der Waals surface area (Å²) in [5, 5.41) is 22.7. The van der Waals surface area contributed by atoms with Crippen LogP contribution in [0.3, 0.4) is 0 Å². The van der Waals surface area contributed by atoms with Crippen LogP contribution in [0.4, 0.5) is 20.2 Å². The van der Waals surface area contributed by atoms with E-state index in [-0.39, 0.29) is 11.3 Å². The molecular formula is C17H10F2N4O. The van der Waals surface area contributed by atoms with Gasteiger partial charge in [0.05, 0.1) is 11.3 Å². The third-order valence-corrected chi connectivity index (χ3v) is 2.98. The Morgan fingerprint density at radius 1 is 1.04 bits per heavy atom. The molecule has 5 nitrogen and oxygen atoms in total. The molecule has 2 N–H and O–H groups in total. The van der Waals surface area contributed by atoms with Gasteiger partial charge in [-0.3, -0.25) is 4.79 Å². The highest BCUT2D eigenvalue weighted by Crippen LogP contribution is 2.19. The molecule has 0 radical (unpaired) electrons. The Morgan fingerprint density at radius 2 is 1.71 bits per heavy atom. The number of halogens is 2. The van der Waals surface area contributed by atoms with Crippen LogP contribution >= 0.6 is 0 Å². The van der Waals surface area contributed by atoms with Gasteiger partial charge in [0.1, 0.15) is 35.0 Å². The van der Waals surface area contributed by atoms with Gasteiger partial charge < -0.3 is 10.6 Å². The SMILES string of the molecule is N#C/C(=C/Nc1c(F)cccc1F)C(=O)Nc1ccccc1C#N. The van der Waals surface area contributed by atoms with Crippen molar-refractivity contribution in [2.24, 2.45) is 0 Å².